The van der Waals surface area contributed by atoms with Crippen molar-refractivity contribution in [3.8, 4) is 0 Å². The molecule has 0 aliphatic rings. The quantitative estimate of drug-likeness (QED) is 0.862. The summed E-state index contributed by atoms with van der Waals surface area (Å²) in [6.45, 7) is 1.69. The van der Waals surface area contributed by atoms with Gasteiger partial charge in [-0.15, -0.1) is 0 Å². The largest absolute Gasteiger partial charge is 0.462 e. The van der Waals surface area contributed by atoms with E-state index in [0.29, 0.717) is 0 Å². The summed E-state index contributed by atoms with van der Waals surface area (Å²) in [5, 5.41) is 5.01. The summed E-state index contributed by atoms with van der Waals surface area (Å²) in [5.41, 5.74) is -0.233. The van der Waals surface area contributed by atoms with Gasteiger partial charge in [-0.25, -0.2) is 18.4 Å². The zero-order chi connectivity index (χ0) is 13.2. The van der Waals surface area contributed by atoms with Crippen LogP contribution in [-0.4, -0.2) is 21.0 Å². The molecule has 0 unspecified atom stereocenters. The lowest BCUT2D eigenvalue weighted by Gasteiger charge is -2.08. The maximum absolute atomic E-state index is 11.5. The number of halogens is 2. The van der Waals surface area contributed by atoms with Gasteiger partial charge >= 0.3 is 5.97 Å². The van der Waals surface area contributed by atoms with Gasteiger partial charge in [0.25, 0.3) is 0 Å². The molecule has 1 aromatic rings. The average Bonchev–Trinajstić information content (AvgIpc) is 2.20. The number of rotatable bonds is 3. The summed E-state index contributed by atoms with van der Waals surface area (Å²) in [4.78, 5) is 11.1. The Hall–Kier alpha value is -0.820. The highest BCUT2D eigenvalue weighted by molar-refractivity contribution is 7.89. The predicted molar refractivity (Wildman–Crippen MR) is 63.8 cm³/mol. The Kier molecular flexibility index (Phi) is 4.37. The molecule has 0 heterocycles. The van der Waals surface area contributed by atoms with E-state index in [4.69, 9.17) is 33.1 Å². The van der Waals surface area contributed by atoms with Gasteiger partial charge in [0.05, 0.1) is 27.1 Å². The summed E-state index contributed by atoms with van der Waals surface area (Å²) in [5.74, 6) is -0.824. The Morgan fingerprint density at radius 1 is 1.35 bits per heavy atom. The van der Waals surface area contributed by atoms with Crippen LogP contribution in [0.2, 0.25) is 10.0 Å². The SMILES string of the molecule is CCOC(=O)c1cc(Cl)c(Cl)cc1S(N)(=O)=O. The molecule has 1 rings (SSSR count). The summed E-state index contributed by atoms with van der Waals surface area (Å²) < 4.78 is 27.3. The van der Waals surface area contributed by atoms with Crippen molar-refractivity contribution in [2.24, 2.45) is 5.14 Å². The molecule has 0 spiro atoms. The lowest BCUT2D eigenvalue weighted by atomic mass is 10.2. The molecular formula is C9H9Cl2NO4S. The highest BCUT2D eigenvalue weighted by Crippen LogP contribution is 2.28. The minimum absolute atomic E-state index is 0.0104. The highest BCUT2D eigenvalue weighted by atomic mass is 35.5. The first-order valence-corrected chi connectivity index (χ1v) is 6.76. The van der Waals surface area contributed by atoms with E-state index >= 15 is 0 Å². The van der Waals surface area contributed by atoms with E-state index in [1.165, 1.54) is 0 Å². The van der Waals surface area contributed by atoms with Crippen molar-refractivity contribution in [2.45, 2.75) is 11.8 Å². The molecule has 0 saturated carbocycles. The molecule has 2 N–H and O–H groups in total. The lowest BCUT2D eigenvalue weighted by Crippen LogP contribution is -2.18. The molecule has 0 fully saturated rings. The van der Waals surface area contributed by atoms with Crippen molar-refractivity contribution in [3.05, 3.63) is 27.7 Å². The zero-order valence-electron chi connectivity index (χ0n) is 8.74. The monoisotopic (exact) mass is 297 g/mol. The first-order valence-electron chi connectivity index (χ1n) is 4.46. The number of primary sulfonamides is 1. The first-order chi connectivity index (χ1) is 7.77. The van der Waals surface area contributed by atoms with E-state index in [1.807, 2.05) is 0 Å². The molecule has 17 heavy (non-hydrogen) atoms. The van der Waals surface area contributed by atoms with Crippen LogP contribution in [0.25, 0.3) is 0 Å². The van der Waals surface area contributed by atoms with Gasteiger partial charge in [-0.2, -0.15) is 0 Å². The van der Waals surface area contributed by atoms with Crippen molar-refractivity contribution < 1.29 is 17.9 Å². The molecule has 0 aromatic heterocycles. The lowest BCUT2D eigenvalue weighted by molar-refractivity contribution is 0.0522. The van der Waals surface area contributed by atoms with Crippen molar-refractivity contribution in [2.75, 3.05) is 6.61 Å². The standard InChI is InChI=1S/C9H9Cl2NO4S/c1-2-16-9(13)5-3-6(10)7(11)4-8(5)17(12,14)15/h3-4H,2H2,1H3,(H2,12,14,15). The van der Waals surface area contributed by atoms with Crippen molar-refractivity contribution in [1.29, 1.82) is 0 Å². The summed E-state index contributed by atoms with van der Waals surface area (Å²) in [7, 11) is -4.08. The second-order valence-electron chi connectivity index (χ2n) is 3.03. The molecule has 0 bridgehead atoms. The van der Waals surface area contributed by atoms with Crippen molar-refractivity contribution in [3.63, 3.8) is 0 Å². The first kappa shape index (κ1) is 14.2. The van der Waals surface area contributed by atoms with Crippen molar-refractivity contribution >= 4 is 39.2 Å². The number of carbonyl (C=O) groups is 1. The molecule has 0 aliphatic heterocycles. The van der Waals surface area contributed by atoms with Crippen LogP contribution in [0, 0.1) is 0 Å². The summed E-state index contributed by atoms with van der Waals surface area (Å²) >= 11 is 11.4. The van der Waals surface area contributed by atoms with Gasteiger partial charge < -0.3 is 4.74 Å². The van der Waals surface area contributed by atoms with Gasteiger partial charge in [-0.05, 0) is 19.1 Å². The molecule has 0 aliphatic carbocycles. The third-order valence-electron chi connectivity index (χ3n) is 1.82. The van der Waals surface area contributed by atoms with Crippen LogP contribution in [0.1, 0.15) is 17.3 Å². The predicted octanol–water partition coefficient (Wildman–Crippen LogP) is 1.82. The Labute approximate surface area is 109 Å². The van der Waals surface area contributed by atoms with Crippen LogP contribution in [-0.2, 0) is 14.8 Å². The van der Waals surface area contributed by atoms with Crippen LogP contribution < -0.4 is 5.14 Å². The number of esters is 1. The number of benzene rings is 1. The average molecular weight is 298 g/mol. The van der Waals surface area contributed by atoms with E-state index in [0.717, 1.165) is 12.1 Å². The number of ether oxygens (including phenoxy) is 1. The third-order valence-corrected chi connectivity index (χ3v) is 3.50. The fraction of sp³-hybridized carbons (Fsp3) is 0.222. The van der Waals surface area contributed by atoms with E-state index in [1.54, 1.807) is 6.92 Å². The smallest absolute Gasteiger partial charge is 0.339 e. The second kappa shape index (κ2) is 5.22. The van der Waals surface area contributed by atoms with E-state index < -0.39 is 20.9 Å². The Bertz CT molecular complexity index is 556. The Morgan fingerprint density at radius 3 is 2.35 bits per heavy atom. The minimum atomic E-state index is -4.08. The molecule has 0 saturated heterocycles. The van der Waals surface area contributed by atoms with Gasteiger partial charge in [0.15, 0.2) is 0 Å². The fourth-order valence-corrected chi connectivity index (χ4v) is 2.26. The number of sulfonamides is 1. The second-order valence-corrected chi connectivity index (χ2v) is 5.37. The van der Waals surface area contributed by atoms with E-state index in [-0.39, 0.29) is 22.2 Å². The Balaban J connectivity index is 3.47. The fourth-order valence-electron chi connectivity index (χ4n) is 1.13. The molecule has 8 heteroatoms. The number of hydrogen-bond donors (Lipinski definition) is 1. The van der Waals surface area contributed by atoms with Crippen molar-refractivity contribution in [1.82, 2.24) is 0 Å². The molecule has 0 radical (unpaired) electrons. The Morgan fingerprint density at radius 2 is 1.88 bits per heavy atom. The zero-order valence-corrected chi connectivity index (χ0v) is 11.1. The molecule has 5 nitrogen and oxygen atoms in total. The summed E-state index contributed by atoms with van der Waals surface area (Å²) in [6.07, 6.45) is 0. The molecule has 0 amide bonds. The van der Waals surface area contributed by atoms with Gasteiger partial charge in [0.1, 0.15) is 0 Å². The van der Waals surface area contributed by atoms with Crippen LogP contribution in [0.4, 0.5) is 0 Å². The van der Waals surface area contributed by atoms with Gasteiger partial charge in [-0.1, -0.05) is 23.2 Å². The topological polar surface area (TPSA) is 86.5 Å². The maximum Gasteiger partial charge on any atom is 0.339 e. The third kappa shape index (κ3) is 3.32. The van der Waals surface area contributed by atoms with Gasteiger partial charge in [-0.3, -0.25) is 0 Å². The molecule has 94 valence electrons. The van der Waals surface area contributed by atoms with Crippen LogP contribution >= 0.6 is 23.2 Å². The number of nitrogens with two attached hydrogens (primary N) is 1. The van der Waals surface area contributed by atoms with Gasteiger partial charge in [0.2, 0.25) is 10.0 Å². The minimum Gasteiger partial charge on any atom is -0.462 e. The maximum atomic E-state index is 11.5. The van der Waals surface area contributed by atoms with Gasteiger partial charge in [0, 0.05) is 0 Å². The number of hydrogen-bond acceptors (Lipinski definition) is 4. The summed E-state index contributed by atoms with van der Waals surface area (Å²) in [6, 6.07) is 2.13. The highest BCUT2D eigenvalue weighted by Gasteiger charge is 2.22. The molecular weight excluding hydrogens is 289 g/mol. The van der Waals surface area contributed by atoms with Crippen LogP contribution in [0.5, 0.6) is 0 Å². The van der Waals surface area contributed by atoms with E-state index in [9.17, 15) is 13.2 Å². The van der Waals surface area contributed by atoms with Crippen LogP contribution in [0.15, 0.2) is 17.0 Å². The number of carbonyl (C=O) groups excluding carboxylic acids is 1. The normalized spacial score (nSPS) is 11.3. The molecule has 0 atom stereocenters. The van der Waals surface area contributed by atoms with E-state index in [2.05, 4.69) is 0 Å². The van der Waals surface area contributed by atoms with Crippen LogP contribution in [0.3, 0.4) is 0 Å². The molecule has 1 aromatic carbocycles.